The predicted molar refractivity (Wildman–Crippen MR) is 134 cm³/mol. The van der Waals surface area contributed by atoms with Gasteiger partial charge in [-0.3, -0.25) is 0 Å². The van der Waals surface area contributed by atoms with Crippen molar-refractivity contribution < 1.29 is 17.3 Å². The van der Waals surface area contributed by atoms with Crippen molar-refractivity contribution in [2.75, 3.05) is 0 Å². The Morgan fingerprint density at radius 1 is 0.586 bits per heavy atom. The molecule has 3 aliphatic carbocycles. The first-order valence-corrected chi connectivity index (χ1v) is 15.4. The Bertz CT molecular complexity index is 348. The van der Waals surface area contributed by atoms with E-state index >= 15 is 0 Å². The molecular weight excluding hydrogens is 482 g/mol. The normalized spacial score (nSPS) is 22.7. The summed E-state index contributed by atoms with van der Waals surface area (Å²) in [7, 11) is 4.52. The van der Waals surface area contributed by atoms with E-state index < -0.39 is 0 Å². The number of nitrogens with zero attached hydrogens (tertiary/aromatic N) is 1. The Hall–Kier alpha value is 0.623. The Kier molecular flexibility index (Phi) is 19.7. The van der Waals surface area contributed by atoms with Crippen LogP contribution in [0.1, 0.15) is 103 Å². The van der Waals surface area contributed by atoms with E-state index in [2.05, 4.69) is 15.0 Å². The van der Waals surface area contributed by atoms with Crippen molar-refractivity contribution in [2.24, 2.45) is 0 Å². The van der Waals surface area contributed by atoms with E-state index in [9.17, 15) is 0 Å². The fourth-order valence-electron chi connectivity index (χ4n) is 5.68. The van der Waals surface area contributed by atoms with Crippen LogP contribution in [0.3, 0.4) is 0 Å². The molecule has 0 spiro atoms. The van der Waals surface area contributed by atoms with E-state index in [0.29, 0.717) is 0 Å². The number of rotatable bonds is 3. The molecule has 1 aliphatic heterocycles. The van der Waals surface area contributed by atoms with E-state index in [-0.39, 0.29) is 22.8 Å². The average molecular weight is 528 g/mol. The van der Waals surface area contributed by atoms with Gasteiger partial charge in [0.15, 0.2) is 0 Å². The number of hydrogen-bond donors (Lipinski definition) is 0. The van der Waals surface area contributed by atoms with Crippen molar-refractivity contribution in [3.8, 4) is 0 Å². The molecule has 29 heavy (non-hydrogen) atoms. The molecule has 4 aliphatic rings. The molecule has 0 N–H and O–H groups in total. The molecule has 0 saturated heterocycles. The second-order valence-electron chi connectivity index (χ2n) is 8.66. The topological polar surface area (TPSA) is 14.1 Å². The summed E-state index contributed by atoms with van der Waals surface area (Å²) >= 11 is 1.82. The Morgan fingerprint density at radius 2 is 0.897 bits per heavy atom. The summed E-state index contributed by atoms with van der Waals surface area (Å²) < 4.78 is 0. The third kappa shape index (κ3) is 11.2. The van der Waals surface area contributed by atoms with Crippen molar-refractivity contribution in [3.63, 3.8) is 0 Å². The first-order chi connectivity index (χ1) is 13.4. The van der Waals surface area contributed by atoms with E-state index in [1.165, 1.54) is 17.0 Å². The molecule has 0 aromatic carbocycles. The zero-order valence-corrected chi connectivity index (χ0v) is 22.5. The number of allylic oxidation sites excluding steroid dienone is 2. The fourth-order valence-corrected chi connectivity index (χ4v) is 10.9. The summed E-state index contributed by atoms with van der Waals surface area (Å²) in [6, 6.07) is 0. The van der Waals surface area contributed by atoms with E-state index in [1.54, 1.807) is 109 Å². The molecule has 4 rings (SSSR count). The maximum atomic E-state index is 4.57. The second kappa shape index (κ2) is 19.3. The summed E-state index contributed by atoms with van der Waals surface area (Å²) in [5, 5.41) is 3.82. The van der Waals surface area contributed by atoms with Crippen LogP contribution in [0.15, 0.2) is 24.6 Å². The van der Waals surface area contributed by atoms with Gasteiger partial charge in [0, 0.05) is 7.92 Å². The van der Waals surface area contributed by atoms with Crippen molar-refractivity contribution in [3.05, 3.63) is 44.7 Å². The first kappa shape index (κ1) is 29.6. The van der Waals surface area contributed by atoms with E-state index in [0.717, 1.165) is 6.42 Å². The summed E-state index contributed by atoms with van der Waals surface area (Å²) in [5.74, 6) is 0. The van der Waals surface area contributed by atoms with E-state index in [4.69, 9.17) is 0 Å². The van der Waals surface area contributed by atoms with Gasteiger partial charge in [0.2, 0.25) is 0 Å². The van der Waals surface area contributed by atoms with Gasteiger partial charge in [-0.1, -0.05) is 19.3 Å². The van der Waals surface area contributed by atoms with Gasteiger partial charge in [-0.2, -0.15) is 12.4 Å². The van der Waals surface area contributed by atoms with Crippen LogP contribution < -0.4 is 0 Å². The molecule has 0 amide bonds. The van der Waals surface area contributed by atoms with Crippen molar-refractivity contribution in [1.29, 1.82) is 0 Å². The standard InChI is InChI=1S/C18H33P.C5H6N.2CH3.ClH.Ru/c1-4-10-16(11-5-1)19(17-12-6-2-7-13-17)18-14-8-3-9-15-18;1-2-4-6-5-3-1;;;;/h16-18H,1-15H2;2-5H,1H2;2*1H3;1H;/q;3*-1;;+4. The SMILES string of the molecule is C1=C[N-]C=CC1.C1CCC([PH+](C2CCCCC2)C2CCCCC2)CC1.[CH3-].[CH3-].[Cl][Ru+3]. The molecule has 3 fully saturated rings. The molecule has 3 saturated carbocycles. The summed E-state index contributed by atoms with van der Waals surface area (Å²) in [4.78, 5) is 0. The van der Waals surface area contributed by atoms with Crippen LogP contribution in [0.4, 0.5) is 0 Å². The summed E-state index contributed by atoms with van der Waals surface area (Å²) in [5.41, 5.74) is 3.68. The second-order valence-corrected chi connectivity index (χ2v) is 12.1. The van der Waals surface area contributed by atoms with Crippen LogP contribution >= 0.6 is 17.6 Å². The number of halogens is 1. The van der Waals surface area contributed by atoms with Gasteiger partial charge in [-0.25, -0.2) is 0 Å². The van der Waals surface area contributed by atoms with Crippen LogP contribution in [-0.2, 0) is 17.3 Å². The average Bonchev–Trinajstić information content (AvgIpc) is 2.79. The molecule has 4 heteroatoms. The third-order valence-electron chi connectivity index (χ3n) is 6.88. The van der Waals surface area contributed by atoms with Crippen LogP contribution in [0.5, 0.6) is 0 Å². The molecule has 0 unspecified atom stereocenters. The van der Waals surface area contributed by atoms with Gasteiger partial charge in [0.25, 0.3) is 0 Å². The van der Waals surface area contributed by atoms with Gasteiger partial charge < -0.3 is 20.2 Å². The Labute approximate surface area is 198 Å². The van der Waals surface area contributed by atoms with Crippen molar-refractivity contribution in [1.82, 2.24) is 0 Å². The van der Waals surface area contributed by atoms with Crippen LogP contribution in [-0.4, -0.2) is 17.0 Å². The molecule has 0 radical (unpaired) electrons. The quantitative estimate of drug-likeness (QED) is 0.197. The minimum atomic E-state index is -0.0465. The monoisotopic (exact) mass is 528 g/mol. The fraction of sp³-hybridized carbons (Fsp3) is 0.760. The van der Waals surface area contributed by atoms with Gasteiger partial charge in [-0.15, -0.1) is 12.2 Å². The Balaban J connectivity index is 0.000000671. The first-order valence-electron chi connectivity index (χ1n) is 11.4. The maximum absolute atomic E-state index is 4.57. The van der Waals surface area contributed by atoms with Crippen LogP contribution in [0.25, 0.3) is 5.32 Å². The number of hydrogen-bond acceptors (Lipinski definition) is 0. The molecule has 1 nitrogen and oxygen atoms in total. The minimum absolute atomic E-state index is 0. The van der Waals surface area contributed by atoms with Crippen molar-refractivity contribution in [2.45, 2.75) is 120 Å². The zero-order chi connectivity index (χ0) is 19.2. The van der Waals surface area contributed by atoms with Gasteiger partial charge >= 0.3 is 27.0 Å². The Morgan fingerprint density at radius 3 is 1.10 bits per heavy atom. The van der Waals surface area contributed by atoms with Gasteiger partial charge in [-0.05, 0) is 83.5 Å². The zero-order valence-electron chi connectivity index (χ0n) is 19.0. The summed E-state index contributed by atoms with van der Waals surface area (Å²) in [6.45, 7) is 0. The van der Waals surface area contributed by atoms with E-state index in [1.807, 2.05) is 29.5 Å². The molecule has 0 bridgehead atoms. The van der Waals surface area contributed by atoms with Crippen molar-refractivity contribution >= 4 is 17.6 Å². The molecule has 0 aromatic heterocycles. The van der Waals surface area contributed by atoms with Gasteiger partial charge in [0.05, 0.1) is 17.0 Å². The molecule has 170 valence electrons. The van der Waals surface area contributed by atoms with Crippen LogP contribution in [0, 0.1) is 14.9 Å². The van der Waals surface area contributed by atoms with Gasteiger partial charge in [0.1, 0.15) is 0 Å². The third-order valence-corrected chi connectivity index (χ3v) is 11.4. The molecule has 0 aromatic rings. The van der Waals surface area contributed by atoms with Crippen LogP contribution in [0.2, 0.25) is 0 Å². The molecular formula is C25H46ClNPRu+. The molecule has 1 heterocycles. The summed E-state index contributed by atoms with van der Waals surface area (Å²) in [6.07, 6.45) is 32.5. The molecule has 0 atom stereocenters. The predicted octanol–water partition coefficient (Wildman–Crippen LogP) is 9.58.